The lowest BCUT2D eigenvalue weighted by Crippen LogP contribution is -2.28. The number of hydrogen-bond acceptors (Lipinski definition) is 3. The van der Waals surface area contributed by atoms with E-state index in [4.69, 9.17) is 16.7 Å². The number of carbonyl (C=O) groups is 1. The van der Waals surface area contributed by atoms with E-state index in [0.29, 0.717) is 21.5 Å². The number of pyridine rings is 1. The summed E-state index contributed by atoms with van der Waals surface area (Å²) in [4.78, 5) is 28.0. The largest absolute Gasteiger partial charge is 0.384 e. The predicted octanol–water partition coefficient (Wildman–Crippen LogP) is 2.46. The standard InChI is InChI=1S/C20H15ClN2O3/c21-15-6-3-14(4-7-15)11-23-20(26)17-12-22-18-8-5-13(2-1-9-24)10-16(18)19(17)25/h3-8,10,12,24H,9,11H2,(H,22,25)(H,23,26). The van der Waals surface area contributed by atoms with Gasteiger partial charge < -0.3 is 15.4 Å². The van der Waals surface area contributed by atoms with Crippen molar-refractivity contribution in [1.82, 2.24) is 10.3 Å². The molecule has 0 atom stereocenters. The molecule has 0 aliphatic carbocycles. The lowest BCUT2D eigenvalue weighted by Gasteiger charge is -2.06. The number of aromatic nitrogens is 1. The molecule has 0 radical (unpaired) electrons. The molecule has 0 aliphatic rings. The smallest absolute Gasteiger partial charge is 0.257 e. The van der Waals surface area contributed by atoms with Crippen LogP contribution in [0.3, 0.4) is 0 Å². The van der Waals surface area contributed by atoms with E-state index >= 15 is 0 Å². The molecule has 1 amide bonds. The highest BCUT2D eigenvalue weighted by atomic mass is 35.5. The fourth-order valence-electron chi connectivity index (χ4n) is 2.49. The minimum atomic E-state index is -0.463. The molecule has 0 aliphatic heterocycles. The number of rotatable bonds is 3. The van der Waals surface area contributed by atoms with Crippen LogP contribution in [0.25, 0.3) is 10.9 Å². The first-order chi connectivity index (χ1) is 12.6. The number of aliphatic hydroxyl groups is 1. The van der Waals surface area contributed by atoms with Gasteiger partial charge in [0.2, 0.25) is 5.43 Å². The van der Waals surface area contributed by atoms with E-state index < -0.39 is 5.91 Å². The van der Waals surface area contributed by atoms with Crippen molar-refractivity contribution in [3.05, 3.63) is 80.6 Å². The van der Waals surface area contributed by atoms with Crippen LogP contribution in [-0.2, 0) is 6.54 Å². The Bertz CT molecular complexity index is 1080. The second-order valence-electron chi connectivity index (χ2n) is 5.56. The van der Waals surface area contributed by atoms with Crippen molar-refractivity contribution in [1.29, 1.82) is 0 Å². The lowest BCUT2D eigenvalue weighted by molar-refractivity contribution is 0.0949. The van der Waals surface area contributed by atoms with Gasteiger partial charge in [0.25, 0.3) is 5.91 Å². The van der Waals surface area contributed by atoms with Gasteiger partial charge in [0.15, 0.2) is 0 Å². The maximum Gasteiger partial charge on any atom is 0.257 e. The van der Waals surface area contributed by atoms with Gasteiger partial charge in [-0.1, -0.05) is 35.6 Å². The summed E-state index contributed by atoms with van der Waals surface area (Å²) in [7, 11) is 0. The van der Waals surface area contributed by atoms with Crippen molar-refractivity contribution in [2.45, 2.75) is 6.54 Å². The second kappa shape index (κ2) is 7.87. The number of aromatic amines is 1. The van der Waals surface area contributed by atoms with Crippen LogP contribution in [-0.4, -0.2) is 22.6 Å². The number of benzene rings is 2. The van der Waals surface area contributed by atoms with Crippen molar-refractivity contribution in [3.63, 3.8) is 0 Å². The molecule has 26 heavy (non-hydrogen) atoms. The summed E-state index contributed by atoms with van der Waals surface area (Å²) in [5, 5.41) is 12.5. The van der Waals surface area contributed by atoms with Crippen LogP contribution < -0.4 is 10.7 Å². The molecule has 2 aromatic carbocycles. The highest BCUT2D eigenvalue weighted by Crippen LogP contribution is 2.12. The first-order valence-corrected chi connectivity index (χ1v) is 8.24. The Balaban J connectivity index is 1.86. The van der Waals surface area contributed by atoms with Gasteiger partial charge in [-0.25, -0.2) is 0 Å². The average molecular weight is 367 g/mol. The summed E-state index contributed by atoms with van der Waals surface area (Å²) in [6.07, 6.45) is 1.40. The molecule has 0 fully saturated rings. The summed E-state index contributed by atoms with van der Waals surface area (Å²) in [6.45, 7) is 0.0248. The summed E-state index contributed by atoms with van der Waals surface area (Å²) in [5.41, 5.74) is 1.73. The van der Waals surface area contributed by atoms with E-state index in [1.807, 2.05) is 0 Å². The van der Waals surface area contributed by atoms with Crippen molar-refractivity contribution < 1.29 is 9.90 Å². The normalized spacial score (nSPS) is 10.2. The fraction of sp³-hybridized carbons (Fsp3) is 0.100. The van der Waals surface area contributed by atoms with Crippen molar-refractivity contribution in [2.75, 3.05) is 6.61 Å². The predicted molar refractivity (Wildman–Crippen MR) is 101 cm³/mol. The van der Waals surface area contributed by atoms with Gasteiger partial charge in [-0.05, 0) is 35.9 Å². The summed E-state index contributed by atoms with van der Waals surface area (Å²) in [5.74, 6) is 4.82. The molecule has 3 N–H and O–H groups in total. The monoisotopic (exact) mass is 366 g/mol. The van der Waals surface area contributed by atoms with Crippen LogP contribution in [0.4, 0.5) is 0 Å². The zero-order chi connectivity index (χ0) is 18.5. The van der Waals surface area contributed by atoms with Gasteiger partial charge in [0.05, 0.1) is 0 Å². The SMILES string of the molecule is O=C(NCc1ccc(Cl)cc1)c1c[nH]c2ccc(C#CCO)cc2c1=O. The summed E-state index contributed by atoms with van der Waals surface area (Å²) < 4.78 is 0. The molecule has 0 saturated carbocycles. The fourth-order valence-corrected chi connectivity index (χ4v) is 2.61. The number of aliphatic hydroxyl groups excluding tert-OH is 1. The number of nitrogens with one attached hydrogen (secondary N) is 2. The second-order valence-corrected chi connectivity index (χ2v) is 6.00. The Hall–Kier alpha value is -3.07. The van der Waals surface area contributed by atoms with E-state index in [1.54, 1.807) is 42.5 Å². The van der Waals surface area contributed by atoms with E-state index in [9.17, 15) is 9.59 Å². The molecule has 3 aromatic rings. The molecule has 0 bridgehead atoms. The van der Waals surface area contributed by atoms with Gasteiger partial charge in [-0.3, -0.25) is 9.59 Å². The molecule has 0 unspecified atom stereocenters. The molecule has 0 saturated heterocycles. The van der Waals surface area contributed by atoms with E-state index in [0.717, 1.165) is 5.56 Å². The van der Waals surface area contributed by atoms with Crippen LogP contribution in [0.2, 0.25) is 5.02 Å². The van der Waals surface area contributed by atoms with Crippen molar-refractivity contribution >= 4 is 28.4 Å². The Labute approximate surface area is 154 Å². The maximum atomic E-state index is 12.7. The third-order valence-electron chi connectivity index (χ3n) is 3.80. The number of fused-ring (bicyclic) bond motifs is 1. The van der Waals surface area contributed by atoms with Crippen LogP contribution in [0, 0.1) is 11.8 Å². The molecule has 0 spiro atoms. The first-order valence-electron chi connectivity index (χ1n) is 7.86. The highest BCUT2D eigenvalue weighted by Gasteiger charge is 2.13. The Morgan fingerprint density at radius 1 is 1.19 bits per heavy atom. The molecule has 1 aromatic heterocycles. The molecule has 1 heterocycles. The minimum Gasteiger partial charge on any atom is -0.384 e. The summed E-state index contributed by atoms with van der Waals surface area (Å²) >= 11 is 5.83. The molecule has 6 heteroatoms. The topological polar surface area (TPSA) is 82.2 Å². The third kappa shape index (κ3) is 3.94. The van der Waals surface area contributed by atoms with Gasteiger partial charge in [-0.2, -0.15) is 0 Å². The van der Waals surface area contributed by atoms with Gasteiger partial charge in [0, 0.05) is 34.2 Å². The number of carbonyl (C=O) groups excluding carboxylic acids is 1. The Kier molecular flexibility index (Phi) is 5.37. The molecule has 3 rings (SSSR count). The van der Waals surface area contributed by atoms with Crippen molar-refractivity contribution in [2.24, 2.45) is 0 Å². The van der Waals surface area contributed by atoms with E-state index in [1.165, 1.54) is 6.20 Å². The number of amides is 1. The third-order valence-corrected chi connectivity index (χ3v) is 4.06. The quantitative estimate of drug-likeness (QED) is 0.623. The maximum absolute atomic E-state index is 12.7. The summed E-state index contributed by atoms with van der Waals surface area (Å²) in [6, 6.07) is 12.1. The van der Waals surface area contributed by atoms with E-state index in [-0.39, 0.29) is 24.1 Å². The van der Waals surface area contributed by atoms with Gasteiger partial charge in [-0.15, -0.1) is 0 Å². The van der Waals surface area contributed by atoms with Gasteiger partial charge in [0.1, 0.15) is 12.2 Å². The average Bonchev–Trinajstić information content (AvgIpc) is 2.66. The Morgan fingerprint density at radius 2 is 1.96 bits per heavy atom. The molecule has 130 valence electrons. The van der Waals surface area contributed by atoms with Crippen LogP contribution >= 0.6 is 11.6 Å². The number of H-pyrrole nitrogens is 1. The van der Waals surface area contributed by atoms with Gasteiger partial charge >= 0.3 is 0 Å². The molecular weight excluding hydrogens is 352 g/mol. The van der Waals surface area contributed by atoms with Crippen LogP contribution in [0.1, 0.15) is 21.5 Å². The first kappa shape index (κ1) is 17.7. The lowest BCUT2D eigenvalue weighted by atomic mass is 10.1. The Morgan fingerprint density at radius 3 is 2.69 bits per heavy atom. The van der Waals surface area contributed by atoms with E-state index in [2.05, 4.69) is 22.1 Å². The molecule has 5 nitrogen and oxygen atoms in total. The minimum absolute atomic E-state index is 0.0266. The highest BCUT2D eigenvalue weighted by molar-refractivity contribution is 6.30. The van der Waals surface area contributed by atoms with Crippen LogP contribution in [0.5, 0.6) is 0 Å². The number of hydrogen-bond donors (Lipinski definition) is 3. The van der Waals surface area contributed by atoms with Crippen molar-refractivity contribution in [3.8, 4) is 11.8 Å². The molecular formula is C20H15ClN2O3. The zero-order valence-corrected chi connectivity index (χ0v) is 14.4. The number of halogens is 1. The zero-order valence-electron chi connectivity index (χ0n) is 13.7. The van der Waals surface area contributed by atoms with Crippen LogP contribution in [0.15, 0.2) is 53.5 Å².